The molecule has 1 N–H and O–H groups in total. The van der Waals surface area contributed by atoms with E-state index in [4.69, 9.17) is 14.7 Å². The molecule has 0 bridgehead atoms. The van der Waals surface area contributed by atoms with E-state index in [9.17, 15) is 9.59 Å². The van der Waals surface area contributed by atoms with E-state index >= 15 is 0 Å². The number of rotatable bonds is 6. The first-order valence-electron chi connectivity index (χ1n) is 11.3. The number of hydrogen-bond donors (Lipinski definition) is 1. The first-order valence-corrected chi connectivity index (χ1v) is 11.3. The summed E-state index contributed by atoms with van der Waals surface area (Å²) in [6.45, 7) is 3.50. The second-order valence-electron chi connectivity index (χ2n) is 8.35. The van der Waals surface area contributed by atoms with Crippen LogP contribution in [0.25, 0.3) is 0 Å². The Bertz CT molecular complexity index is 992. The molecule has 0 unspecified atom stereocenters. The van der Waals surface area contributed by atoms with Gasteiger partial charge in [-0.25, -0.2) is 9.97 Å². The summed E-state index contributed by atoms with van der Waals surface area (Å²) in [7, 11) is 3.49. The lowest BCUT2D eigenvalue weighted by molar-refractivity contribution is -0.132. The number of benzene rings is 1. The van der Waals surface area contributed by atoms with Gasteiger partial charge in [0.1, 0.15) is 11.6 Å². The highest BCUT2D eigenvalue weighted by Gasteiger charge is 2.33. The quantitative estimate of drug-likeness (QED) is 0.748. The second kappa shape index (κ2) is 9.54. The van der Waals surface area contributed by atoms with Crippen LogP contribution in [0.3, 0.4) is 0 Å². The number of aromatic nitrogens is 2. The predicted octanol–water partition coefficient (Wildman–Crippen LogP) is 2.73. The Morgan fingerprint density at radius 2 is 2.03 bits per heavy atom. The van der Waals surface area contributed by atoms with E-state index in [1.54, 1.807) is 14.0 Å². The first kappa shape index (κ1) is 22.0. The lowest BCUT2D eigenvalue weighted by atomic mass is 10.0. The van der Waals surface area contributed by atoms with Crippen molar-refractivity contribution in [3.63, 3.8) is 0 Å². The fourth-order valence-corrected chi connectivity index (χ4v) is 4.69. The Labute approximate surface area is 189 Å². The molecule has 3 heterocycles. The van der Waals surface area contributed by atoms with Crippen LogP contribution < -0.4 is 10.1 Å². The highest BCUT2D eigenvalue weighted by molar-refractivity contribution is 5.77. The zero-order valence-corrected chi connectivity index (χ0v) is 19.1. The number of para-hydroxylation sites is 1. The summed E-state index contributed by atoms with van der Waals surface area (Å²) in [6.07, 6.45) is 3.57. The summed E-state index contributed by atoms with van der Waals surface area (Å²) in [4.78, 5) is 38.4. The average molecular weight is 438 g/mol. The monoisotopic (exact) mass is 437 g/mol. The highest BCUT2D eigenvalue weighted by atomic mass is 16.5. The molecule has 32 heavy (non-hydrogen) atoms. The number of nitrogens with one attached hydrogen (secondary N) is 1. The van der Waals surface area contributed by atoms with E-state index in [-0.39, 0.29) is 17.9 Å². The fourth-order valence-electron chi connectivity index (χ4n) is 4.69. The van der Waals surface area contributed by atoms with Gasteiger partial charge < -0.3 is 19.9 Å². The summed E-state index contributed by atoms with van der Waals surface area (Å²) in [5.74, 6) is 2.45. The van der Waals surface area contributed by atoms with E-state index in [0.717, 1.165) is 47.8 Å². The van der Waals surface area contributed by atoms with Gasteiger partial charge in [0.15, 0.2) is 5.82 Å². The molecule has 0 aliphatic carbocycles. The molecule has 1 aromatic heterocycles. The smallest absolute Gasteiger partial charge is 0.223 e. The van der Waals surface area contributed by atoms with Gasteiger partial charge in [0, 0.05) is 45.5 Å². The molecule has 0 saturated carbocycles. The number of likely N-dealkylation sites (tertiary alicyclic amines) is 1. The van der Waals surface area contributed by atoms with Crippen LogP contribution >= 0.6 is 0 Å². The zero-order chi connectivity index (χ0) is 22.7. The van der Waals surface area contributed by atoms with E-state index in [1.807, 2.05) is 41.1 Å². The second-order valence-corrected chi connectivity index (χ2v) is 8.35. The van der Waals surface area contributed by atoms with Gasteiger partial charge in [0.05, 0.1) is 25.4 Å². The van der Waals surface area contributed by atoms with Gasteiger partial charge in [-0.1, -0.05) is 18.2 Å². The summed E-state index contributed by atoms with van der Waals surface area (Å²) in [6, 6.07) is 7.72. The standard InChI is InChI=1S/C24H31N5O3/c1-16(30)28-14-12-19-18(15-28)23(25-2)27-24(26-19)20-8-6-13-29(20)22(31)11-10-17-7-4-5-9-21(17)32-3/h4-5,7,9,20H,6,8,10-15H2,1-3H3,(H,25,26,27)/t20-/m1/s1. The van der Waals surface area contributed by atoms with Gasteiger partial charge in [-0.15, -0.1) is 0 Å². The summed E-state index contributed by atoms with van der Waals surface area (Å²) in [5.41, 5.74) is 2.99. The number of ether oxygens (including phenoxy) is 1. The van der Waals surface area contributed by atoms with Crippen molar-refractivity contribution in [1.82, 2.24) is 19.8 Å². The number of carbonyl (C=O) groups is 2. The van der Waals surface area contributed by atoms with Crippen molar-refractivity contribution in [1.29, 1.82) is 0 Å². The number of nitrogens with zero attached hydrogens (tertiary/aromatic N) is 4. The van der Waals surface area contributed by atoms with Crippen LogP contribution in [0.1, 0.15) is 54.9 Å². The average Bonchev–Trinajstić information content (AvgIpc) is 3.31. The van der Waals surface area contributed by atoms with Crippen LogP contribution in [0.5, 0.6) is 5.75 Å². The molecule has 1 fully saturated rings. The Kier molecular flexibility index (Phi) is 6.58. The zero-order valence-electron chi connectivity index (χ0n) is 19.1. The molecule has 4 rings (SSSR count). The molecule has 0 radical (unpaired) electrons. The predicted molar refractivity (Wildman–Crippen MR) is 121 cm³/mol. The SMILES string of the molecule is CNc1nc([C@H]2CCCN2C(=O)CCc2ccccc2OC)nc2c1CN(C(C)=O)CC2. The number of anilines is 1. The van der Waals surface area contributed by atoms with Gasteiger partial charge in [-0.2, -0.15) is 0 Å². The fraction of sp³-hybridized carbons (Fsp3) is 0.500. The minimum Gasteiger partial charge on any atom is -0.496 e. The third-order valence-corrected chi connectivity index (χ3v) is 6.43. The molecule has 1 saturated heterocycles. The number of hydrogen-bond acceptors (Lipinski definition) is 6. The maximum Gasteiger partial charge on any atom is 0.223 e. The Morgan fingerprint density at radius 1 is 1.22 bits per heavy atom. The third-order valence-electron chi connectivity index (χ3n) is 6.43. The molecule has 170 valence electrons. The Balaban J connectivity index is 1.52. The molecular formula is C24H31N5O3. The third kappa shape index (κ3) is 4.40. The van der Waals surface area contributed by atoms with Crippen molar-refractivity contribution >= 4 is 17.6 Å². The van der Waals surface area contributed by atoms with Crippen molar-refractivity contribution in [2.75, 3.05) is 32.6 Å². The summed E-state index contributed by atoms with van der Waals surface area (Å²) >= 11 is 0. The largest absolute Gasteiger partial charge is 0.496 e. The maximum absolute atomic E-state index is 13.1. The normalized spacial score (nSPS) is 17.8. The molecule has 0 spiro atoms. The molecule has 1 aromatic carbocycles. The lowest BCUT2D eigenvalue weighted by Crippen LogP contribution is -2.36. The van der Waals surface area contributed by atoms with Crippen molar-refractivity contribution < 1.29 is 14.3 Å². The molecule has 2 aliphatic rings. The summed E-state index contributed by atoms with van der Waals surface area (Å²) in [5, 5.41) is 3.18. The van der Waals surface area contributed by atoms with Crippen LogP contribution in [-0.4, -0.2) is 58.8 Å². The number of methoxy groups -OCH3 is 1. The molecule has 8 heteroatoms. The van der Waals surface area contributed by atoms with Crippen molar-refractivity contribution in [2.24, 2.45) is 0 Å². The Morgan fingerprint density at radius 3 is 2.78 bits per heavy atom. The first-order chi connectivity index (χ1) is 15.5. The summed E-state index contributed by atoms with van der Waals surface area (Å²) < 4.78 is 5.42. The maximum atomic E-state index is 13.1. The van der Waals surface area contributed by atoms with Gasteiger partial charge in [-0.05, 0) is 30.9 Å². The minimum absolute atomic E-state index is 0.0596. The van der Waals surface area contributed by atoms with Crippen molar-refractivity contribution in [3.05, 3.63) is 46.9 Å². The number of fused-ring (bicyclic) bond motifs is 1. The Hall–Kier alpha value is -3.16. The number of carbonyl (C=O) groups excluding carboxylic acids is 2. The molecule has 2 aromatic rings. The van der Waals surface area contributed by atoms with Gasteiger partial charge >= 0.3 is 0 Å². The topological polar surface area (TPSA) is 87.7 Å². The van der Waals surface area contributed by atoms with E-state index < -0.39 is 0 Å². The van der Waals surface area contributed by atoms with E-state index in [1.165, 1.54) is 0 Å². The van der Waals surface area contributed by atoms with Gasteiger partial charge in [-0.3, -0.25) is 9.59 Å². The minimum atomic E-state index is -0.108. The molecule has 8 nitrogen and oxygen atoms in total. The number of aryl methyl sites for hydroxylation is 1. The van der Waals surface area contributed by atoms with Crippen molar-refractivity contribution in [3.8, 4) is 5.75 Å². The molecular weight excluding hydrogens is 406 g/mol. The lowest BCUT2D eigenvalue weighted by Gasteiger charge is -2.30. The van der Waals surface area contributed by atoms with E-state index in [0.29, 0.717) is 38.2 Å². The number of amides is 2. The van der Waals surface area contributed by atoms with Crippen LogP contribution in [0.2, 0.25) is 0 Å². The molecule has 1 atom stereocenters. The van der Waals surface area contributed by atoms with Gasteiger partial charge in [0.25, 0.3) is 0 Å². The van der Waals surface area contributed by atoms with E-state index in [2.05, 4.69) is 5.32 Å². The van der Waals surface area contributed by atoms with Crippen LogP contribution in [0, 0.1) is 0 Å². The van der Waals surface area contributed by atoms with Crippen LogP contribution in [-0.2, 0) is 29.0 Å². The highest BCUT2D eigenvalue weighted by Crippen LogP contribution is 2.34. The molecule has 2 amide bonds. The van der Waals surface area contributed by atoms with Crippen molar-refractivity contribution in [2.45, 2.75) is 51.6 Å². The van der Waals surface area contributed by atoms with Crippen LogP contribution in [0.4, 0.5) is 5.82 Å². The van der Waals surface area contributed by atoms with Gasteiger partial charge in [0.2, 0.25) is 11.8 Å². The van der Waals surface area contributed by atoms with Crippen LogP contribution in [0.15, 0.2) is 24.3 Å². The molecule has 2 aliphatic heterocycles.